The summed E-state index contributed by atoms with van der Waals surface area (Å²) in [5.41, 5.74) is 10.5. The van der Waals surface area contributed by atoms with Gasteiger partial charge in [0.15, 0.2) is 0 Å². The molecular formula is C24H28BrN5. The van der Waals surface area contributed by atoms with Crippen LogP contribution in [-0.4, -0.2) is 19.5 Å². The molecule has 2 heterocycles. The molecule has 0 amide bonds. The highest BCUT2D eigenvalue weighted by Crippen LogP contribution is 2.35. The third-order valence-corrected chi connectivity index (χ3v) is 5.14. The molecule has 5 nitrogen and oxygen atoms in total. The van der Waals surface area contributed by atoms with Crippen LogP contribution in [0.4, 0.5) is 5.95 Å². The zero-order chi connectivity index (χ0) is 21.9. The van der Waals surface area contributed by atoms with E-state index in [2.05, 4.69) is 89.3 Å². The van der Waals surface area contributed by atoms with Crippen molar-refractivity contribution in [1.82, 2.24) is 19.5 Å². The van der Waals surface area contributed by atoms with E-state index in [0.29, 0.717) is 0 Å². The molecule has 0 atom stereocenters. The van der Waals surface area contributed by atoms with E-state index < -0.39 is 0 Å². The Morgan fingerprint density at radius 1 is 0.967 bits per heavy atom. The molecule has 6 heteroatoms. The third kappa shape index (κ3) is 4.54. The Kier molecular flexibility index (Phi) is 6.56. The van der Waals surface area contributed by atoms with Crippen molar-refractivity contribution in [3.8, 4) is 22.5 Å². The van der Waals surface area contributed by atoms with E-state index in [-0.39, 0.29) is 11.5 Å². The number of nitrogen functional groups attached to an aromatic ring is 1. The summed E-state index contributed by atoms with van der Waals surface area (Å²) in [5, 5.41) is 0. The first-order chi connectivity index (χ1) is 14.3. The summed E-state index contributed by atoms with van der Waals surface area (Å²) >= 11 is 3.67. The minimum atomic E-state index is -0.120. The monoisotopic (exact) mass is 465 g/mol. The van der Waals surface area contributed by atoms with Crippen molar-refractivity contribution in [2.75, 3.05) is 5.73 Å². The summed E-state index contributed by atoms with van der Waals surface area (Å²) in [7, 11) is 0. The van der Waals surface area contributed by atoms with Crippen LogP contribution in [0, 0.1) is 0 Å². The van der Waals surface area contributed by atoms with Crippen LogP contribution in [0.3, 0.4) is 0 Å². The molecule has 4 aromatic rings. The predicted octanol–water partition coefficient (Wildman–Crippen LogP) is 6.68. The highest BCUT2D eigenvalue weighted by atomic mass is 79.9. The first kappa shape index (κ1) is 22.0. The van der Waals surface area contributed by atoms with Crippen molar-refractivity contribution in [2.45, 2.75) is 46.6 Å². The Morgan fingerprint density at radius 2 is 1.60 bits per heavy atom. The quantitative estimate of drug-likeness (QED) is 0.358. The topological polar surface area (TPSA) is 69.6 Å². The van der Waals surface area contributed by atoms with Crippen LogP contribution in [0.15, 0.2) is 59.3 Å². The van der Waals surface area contributed by atoms with Gasteiger partial charge in [0.25, 0.3) is 0 Å². The van der Waals surface area contributed by atoms with E-state index in [0.717, 1.165) is 38.0 Å². The molecule has 0 unspecified atom stereocenters. The molecule has 0 bridgehead atoms. The number of nitrogens with two attached hydrogens (primary N) is 1. The number of hydrogen-bond donors (Lipinski definition) is 1. The number of halogens is 1. The van der Waals surface area contributed by atoms with Gasteiger partial charge in [0.1, 0.15) is 5.82 Å². The zero-order valence-corrected chi connectivity index (χ0v) is 19.7. The summed E-state index contributed by atoms with van der Waals surface area (Å²) in [6.45, 7) is 10.8. The second kappa shape index (κ2) is 8.96. The summed E-state index contributed by atoms with van der Waals surface area (Å²) in [6.07, 6.45) is 4.72. The molecule has 0 saturated heterocycles. The Labute approximate surface area is 186 Å². The molecule has 0 aliphatic rings. The Hall–Kier alpha value is -2.73. The van der Waals surface area contributed by atoms with Crippen LogP contribution in [-0.2, 0) is 5.54 Å². The summed E-state index contributed by atoms with van der Waals surface area (Å²) in [6, 6.07) is 14.4. The molecule has 2 aromatic heterocycles. The number of benzene rings is 2. The van der Waals surface area contributed by atoms with Crippen LogP contribution >= 0.6 is 15.9 Å². The lowest BCUT2D eigenvalue weighted by atomic mass is 10.1. The van der Waals surface area contributed by atoms with Crippen LogP contribution < -0.4 is 5.73 Å². The second-order valence-electron chi connectivity index (χ2n) is 8.16. The smallest absolute Gasteiger partial charge is 0.219 e. The first-order valence-electron chi connectivity index (χ1n) is 10.1. The standard InChI is InChI=1S/C21H20BrN5.C3H8/c1-21(2,3)27-18-9-8-13(14-11-24-20(23)25-12-14)10-17(18)26-19(27)15-6-4-5-7-16(15)22;1-3-2/h4-12H,1-3H3,(H2,23,24,25);3H2,1-2H3. The lowest BCUT2D eigenvalue weighted by Gasteiger charge is -2.25. The van der Waals surface area contributed by atoms with Gasteiger partial charge in [-0.3, -0.25) is 0 Å². The summed E-state index contributed by atoms with van der Waals surface area (Å²) in [4.78, 5) is 13.2. The van der Waals surface area contributed by atoms with Crippen molar-refractivity contribution in [3.63, 3.8) is 0 Å². The van der Waals surface area contributed by atoms with Gasteiger partial charge in [-0.05, 0) is 44.5 Å². The number of rotatable bonds is 2. The van der Waals surface area contributed by atoms with Crippen molar-refractivity contribution < 1.29 is 0 Å². The largest absolute Gasteiger partial charge is 0.368 e. The highest BCUT2D eigenvalue weighted by Gasteiger charge is 2.23. The Balaban J connectivity index is 0.000000806. The second-order valence-corrected chi connectivity index (χ2v) is 9.02. The fourth-order valence-electron chi connectivity index (χ4n) is 3.25. The number of imidazole rings is 1. The van der Waals surface area contributed by atoms with Gasteiger partial charge in [-0.1, -0.05) is 60.5 Å². The molecule has 0 spiro atoms. The van der Waals surface area contributed by atoms with Crippen molar-refractivity contribution >= 4 is 32.9 Å². The van der Waals surface area contributed by atoms with Crippen LogP contribution in [0.25, 0.3) is 33.5 Å². The maximum atomic E-state index is 5.60. The van der Waals surface area contributed by atoms with E-state index >= 15 is 0 Å². The Bertz CT molecular complexity index is 1140. The van der Waals surface area contributed by atoms with Gasteiger partial charge in [0.2, 0.25) is 5.95 Å². The number of anilines is 1. The molecule has 0 radical (unpaired) electrons. The Morgan fingerprint density at radius 3 is 2.20 bits per heavy atom. The van der Waals surface area contributed by atoms with E-state index in [9.17, 15) is 0 Å². The molecule has 0 aliphatic carbocycles. The van der Waals surface area contributed by atoms with E-state index in [4.69, 9.17) is 10.7 Å². The molecule has 2 aromatic carbocycles. The molecule has 0 fully saturated rings. The number of aromatic nitrogens is 4. The maximum Gasteiger partial charge on any atom is 0.219 e. The van der Waals surface area contributed by atoms with E-state index in [1.807, 2.05) is 18.2 Å². The highest BCUT2D eigenvalue weighted by molar-refractivity contribution is 9.10. The number of fused-ring (bicyclic) bond motifs is 1. The van der Waals surface area contributed by atoms with Gasteiger partial charge < -0.3 is 10.3 Å². The van der Waals surface area contributed by atoms with Crippen molar-refractivity contribution in [1.29, 1.82) is 0 Å². The SMILES string of the molecule is CC(C)(C)n1c(-c2ccccc2Br)nc2cc(-c3cnc(N)nc3)ccc21.CCC. The summed E-state index contributed by atoms with van der Waals surface area (Å²) < 4.78 is 3.31. The first-order valence-corrected chi connectivity index (χ1v) is 10.9. The summed E-state index contributed by atoms with van der Waals surface area (Å²) in [5.74, 6) is 1.21. The van der Waals surface area contributed by atoms with Crippen LogP contribution in [0.5, 0.6) is 0 Å². The van der Waals surface area contributed by atoms with Gasteiger partial charge in [0, 0.05) is 33.5 Å². The average molecular weight is 466 g/mol. The zero-order valence-electron chi connectivity index (χ0n) is 18.1. The number of hydrogen-bond acceptors (Lipinski definition) is 4. The number of nitrogens with zero attached hydrogens (tertiary/aromatic N) is 4. The van der Waals surface area contributed by atoms with Gasteiger partial charge in [-0.2, -0.15) is 0 Å². The lowest BCUT2D eigenvalue weighted by molar-refractivity contribution is 0.413. The predicted molar refractivity (Wildman–Crippen MR) is 129 cm³/mol. The molecule has 0 aliphatic heterocycles. The average Bonchev–Trinajstić information content (AvgIpc) is 3.08. The normalized spacial score (nSPS) is 11.3. The molecule has 0 saturated carbocycles. The van der Waals surface area contributed by atoms with Crippen molar-refractivity contribution in [3.05, 3.63) is 59.3 Å². The fourth-order valence-corrected chi connectivity index (χ4v) is 3.71. The minimum absolute atomic E-state index is 0.120. The van der Waals surface area contributed by atoms with E-state index in [1.165, 1.54) is 6.42 Å². The molecule has 4 rings (SSSR count). The fraction of sp³-hybridized carbons (Fsp3) is 0.292. The minimum Gasteiger partial charge on any atom is -0.368 e. The van der Waals surface area contributed by atoms with Crippen LogP contribution in [0.2, 0.25) is 0 Å². The van der Waals surface area contributed by atoms with Gasteiger partial charge in [-0.15, -0.1) is 0 Å². The molecule has 30 heavy (non-hydrogen) atoms. The van der Waals surface area contributed by atoms with Crippen molar-refractivity contribution in [2.24, 2.45) is 0 Å². The van der Waals surface area contributed by atoms with E-state index in [1.54, 1.807) is 12.4 Å². The van der Waals surface area contributed by atoms with Gasteiger partial charge in [0.05, 0.1) is 11.0 Å². The molecule has 156 valence electrons. The van der Waals surface area contributed by atoms with Crippen LogP contribution in [0.1, 0.15) is 41.0 Å². The van der Waals surface area contributed by atoms with Gasteiger partial charge >= 0.3 is 0 Å². The third-order valence-electron chi connectivity index (χ3n) is 4.45. The van der Waals surface area contributed by atoms with Gasteiger partial charge in [-0.25, -0.2) is 15.0 Å². The lowest BCUT2D eigenvalue weighted by Crippen LogP contribution is -2.22. The molecule has 2 N–H and O–H groups in total. The molecular weight excluding hydrogens is 438 g/mol. The maximum absolute atomic E-state index is 5.60.